The minimum atomic E-state index is 0.212. The number of aromatic nitrogens is 1. The van der Waals surface area contributed by atoms with E-state index in [2.05, 4.69) is 33.7 Å². The van der Waals surface area contributed by atoms with Gasteiger partial charge in [-0.2, -0.15) is 0 Å². The molecule has 0 spiro atoms. The van der Waals surface area contributed by atoms with E-state index in [0.29, 0.717) is 51.2 Å². The number of likely N-dealkylation sites (tertiary alicyclic amines) is 1. The molecule has 2 aliphatic carbocycles. The maximum Gasteiger partial charge on any atom is 0.150 e. The molecule has 3 aromatic rings. The van der Waals surface area contributed by atoms with E-state index in [1.807, 2.05) is 30.3 Å². The molecule has 2 aromatic carbocycles. The highest BCUT2D eigenvalue weighted by Gasteiger charge is 2.42. The van der Waals surface area contributed by atoms with E-state index < -0.39 is 0 Å². The Morgan fingerprint density at radius 2 is 1.90 bits per heavy atom. The molecule has 7 nitrogen and oxygen atoms in total. The molecule has 0 bridgehead atoms. The number of aliphatic imine (C=N–C) groups is 1. The molecule has 2 saturated carbocycles. The molecule has 3 atom stereocenters. The Labute approximate surface area is 238 Å². The maximum absolute atomic E-state index is 11.1. The van der Waals surface area contributed by atoms with Crippen molar-refractivity contribution in [3.05, 3.63) is 63.3 Å². The molecule has 0 N–H and O–H groups in total. The summed E-state index contributed by atoms with van der Waals surface area (Å²) in [4.78, 5) is 19.9. The Hall–Kier alpha value is -2.71. The van der Waals surface area contributed by atoms with Gasteiger partial charge >= 0.3 is 0 Å². The molecule has 1 unspecified atom stereocenters. The lowest BCUT2D eigenvalue weighted by Gasteiger charge is -2.28. The molecule has 1 saturated heterocycles. The molecule has 204 valence electrons. The van der Waals surface area contributed by atoms with Crippen molar-refractivity contribution >= 4 is 47.6 Å². The van der Waals surface area contributed by atoms with Crippen molar-refractivity contribution in [2.24, 2.45) is 16.8 Å². The van der Waals surface area contributed by atoms with Crippen LogP contribution >= 0.6 is 23.2 Å². The molecule has 1 aromatic heterocycles. The van der Waals surface area contributed by atoms with Crippen LogP contribution in [0.4, 0.5) is 11.4 Å². The molecule has 1 aliphatic heterocycles. The van der Waals surface area contributed by atoms with E-state index >= 15 is 0 Å². The van der Waals surface area contributed by atoms with Gasteiger partial charge in [-0.15, -0.1) is 0 Å². The van der Waals surface area contributed by atoms with E-state index in [1.165, 1.54) is 0 Å². The van der Waals surface area contributed by atoms with E-state index in [1.54, 1.807) is 6.07 Å². The monoisotopic (exact) mass is 566 g/mol. The summed E-state index contributed by atoms with van der Waals surface area (Å²) >= 11 is 13.0. The van der Waals surface area contributed by atoms with Gasteiger partial charge in [-0.1, -0.05) is 34.4 Å². The number of rotatable bonds is 10. The predicted octanol–water partition coefficient (Wildman–Crippen LogP) is 6.99. The van der Waals surface area contributed by atoms with Gasteiger partial charge in [-0.3, -0.25) is 14.7 Å². The van der Waals surface area contributed by atoms with Crippen molar-refractivity contribution in [2.75, 3.05) is 31.7 Å². The maximum atomic E-state index is 11.1. The first-order chi connectivity index (χ1) is 18.9. The fraction of sp³-hybridized carbons (Fsp3) is 0.433. The second kappa shape index (κ2) is 11.0. The number of anilines is 1. The van der Waals surface area contributed by atoms with Crippen LogP contribution in [0.15, 0.2) is 45.9 Å². The number of benzene rings is 2. The van der Waals surface area contributed by atoms with Crippen molar-refractivity contribution in [3.63, 3.8) is 0 Å². The number of aldehydes is 1. The zero-order chi connectivity index (χ0) is 27.1. The average molecular weight is 568 g/mol. The van der Waals surface area contributed by atoms with Crippen molar-refractivity contribution in [2.45, 2.75) is 44.3 Å². The smallest absolute Gasteiger partial charge is 0.150 e. The van der Waals surface area contributed by atoms with E-state index in [0.717, 1.165) is 74.4 Å². The van der Waals surface area contributed by atoms with Crippen LogP contribution in [-0.4, -0.2) is 56.0 Å². The number of carbonyl (C=O) groups is 1. The van der Waals surface area contributed by atoms with Gasteiger partial charge in [0.05, 0.1) is 40.8 Å². The Bertz CT molecular complexity index is 1350. The van der Waals surface area contributed by atoms with Crippen LogP contribution in [-0.2, 0) is 11.3 Å². The second-order valence-electron chi connectivity index (χ2n) is 11.1. The van der Waals surface area contributed by atoms with Crippen molar-refractivity contribution in [3.8, 4) is 11.3 Å². The third kappa shape index (κ3) is 5.38. The van der Waals surface area contributed by atoms with Crippen LogP contribution in [0.3, 0.4) is 0 Å². The van der Waals surface area contributed by atoms with Crippen LogP contribution < -0.4 is 4.90 Å². The molecule has 2 heterocycles. The molecule has 0 amide bonds. The summed E-state index contributed by atoms with van der Waals surface area (Å²) < 4.78 is 12.3. The Balaban J connectivity index is 1.08. The fourth-order valence-electron chi connectivity index (χ4n) is 6.28. The molecule has 3 fully saturated rings. The third-order valence-corrected chi connectivity index (χ3v) is 8.97. The first kappa shape index (κ1) is 26.5. The van der Waals surface area contributed by atoms with Crippen LogP contribution in [0.2, 0.25) is 10.0 Å². The number of hydrogen-bond donors (Lipinski definition) is 0. The summed E-state index contributed by atoms with van der Waals surface area (Å²) in [6, 6.07) is 11.0. The highest BCUT2D eigenvalue weighted by molar-refractivity contribution is 6.39. The molecule has 6 rings (SSSR count). The number of hydrogen-bond acceptors (Lipinski definition) is 7. The molecule has 3 aliphatic rings. The van der Waals surface area contributed by atoms with E-state index in [4.69, 9.17) is 32.5 Å². The normalized spacial score (nSPS) is 22.7. The first-order valence-corrected chi connectivity index (χ1v) is 14.2. The molecule has 0 radical (unpaired) electrons. The third-order valence-electron chi connectivity index (χ3n) is 8.34. The van der Waals surface area contributed by atoms with E-state index in [-0.39, 0.29) is 6.10 Å². The minimum Gasteiger partial charge on any atom is -0.373 e. The molecular formula is C30H32Cl2N4O3. The summed E-state index contributed by atoms with van der Waals surface area (Å²) in [5, 5.41) is 5.52. The van der Waals surface area contributed by atoms with Crippen molar-refractivity contribution in [1.29, 1.82) is 0 Å². The first-order valence-electron chi connectivity index (χ1n) is 13.5. The molecule has 9 heteroatoms. The number of carbonyl (C=O) groups excluding carboxylic acids is 1. The Kier molecular flexibility index (Phi) is 7.51. The molecule has 39 heavy (non-hydrogen) atoms. The quantitative estimate of drug-likeness (QED) is 0.194. The summed E-state index contributed by atoms with van der Waals surface area (Å²) in [5.41, 5.74) is 4.72. The fourth-order valence-corrected chi connectivity index (χ4v) is 6.86. The summed E-state index contributed by atoms with van der Waals surface area (Å²) in [7, 11) is 2.06. The van der Waals surface area contributed by atoms with Crippen LogP contribution in [0.1, 0.15) is 53.3 Å². The van der Waals surface area contributed by atoms with Gasteiger partial charge in [-0.25, -0.2) is 0 Å². The van der Waals surface area contributed by atoms with Crippen LogP contribution in [0.25, 0.3) is 11.3 Å². The van der Waals surface area contributed by atoms with Crippen molar-refractivity contribution < 1.29 is 14.1 Å². The number of fused-ring (bicyclic) bond motifs is 1. The van der Waals surface area contributed by atoms with Crippen LogP contribution in [0.5, 0.6) is 0 Å². The van der Waals surface area contributed by atoms with Gasteiger partial charge in [0.25, 0.3) is 0 Å². The SMILES string of the molecule is C=Nc1cc(C=O)ccc1N(C)CN1C[C@H]2CC(OCc3c(-c4c(Cl)cccc4Cl)noc3C3CC3)C[C@H]2C1. The zero-order valence-corrected chi connectivity index (χ0v) is 23.5. The van der Waals surface area contributed by atoms with E-state index in [9.17, 15) is 4.79 Å². The Morgan fingerprint density at radius 1 is 1.18 bits per heavy atom. The lowest BCUT2D eigenvalue weighted by atomic mass is 10.0. The standard InChI is InChI=1S/C30H32Cl2N4O3/c1-33-26-10-18(15-37)6-9-27(26)35(2)17-36-13-20-11-22(12-21(20)14-36)38-16-23-29(34-39-30(23)19-7-8-19)28-24(31)4-3-5-25(28)32/h3-6,9-10,15,19-22H,1,7-8,11-14,16-17H2,2H3/t20-,21+,22?. The zero-order valence-electron chi connectivity index (χ0n) is 22.0. The van der Waals surface area contributed by atoms with Gasteiger partial charge in [0.1, 0.15) is 17.7 Å². The molecular weight excluding hydrogens is 535 g/mol. The van der Waals surface area contributed by atoms with Gasteiger partial charge in [0.15, 0.2) is 0 Å². The second-order valence-corrected chi connectivity index (χ2v) is 11.9. The topological polar surface area (TPSA) is 71.2 Å². The van der Waals surface area contributed by atoms with Crippen molar-refractivity contribution in [1.82, 2.24) is 10.1 Å². The largest absolute Gasteiger partial charge is 0.373 e. The number of ether oxygens (including phenoxy) is 1. The van der Waals surface area contributed by atoms with Gasteiger partial charge in [0.2, 0.25) is 0 Å². The Morgan fingerprint density at radius 3 is 2.54 bits per heavy atom. The summed E-state index contributed by atoms with van der Waals surface area (Å²) in [6.45, 7) is 7.02. The average Bonchev–Trinajstić information content (AvgIpc) is 3.43. The van der Waals surface area contributed by atoms with Gasteiger partial charge in [0, 0.05) is 42.7 Å². The summed E-state index contributed by atoms with van der Waals surface area (Å²) in [6.07, 6.45) is 5.36. The van der Waals surface area contributed by atoms with Gasteiger partial charge < -0.3 is 14.2 Å². The number of halogens is 2. The highest BCUT2D eigenvalue weighted by atomic mass is 35.5. The predicted molar refractivity (Wildman–Crippen MR) is 155 cm³/mol. The number of nitrogens with zero attached hydrogens (tertiary/aromatic N) is 4. The van der Waals surface area contributed by atoms with Crippen LogP contribution in [0, 0.1) is 11.8 Å². The summed E-state index contributed by atoms with van der Waals surface area (Å²) in [5.74, 6) is 2.55. The van der Waals surface area contributed by atoms with Gasteiger partial charge in [-0.05, 0) is 74.6 Å². The minimum absolute atomic E-state index is 0.212. The lowest BCUT2D eigenvalue weighted by molar-refractivity contribution is 0.0371. The highest BCUT2D eigenvalue weighted by Crippen LogP contribution is 2.47. The lowest BCUT2D eigenvalue weighted by Crippen LogP contribution is -2.35.